The van der Waals surface area contributed by atoms with Gasteiger partial charge >= 0.3 is 6.01 Å². The van der Waals surface area contributed by atoms with Crippen molar-refractivity contribution >= 4 is 23.5 Å². The zero-order valence-corrected chi connectivity index (χ0v) is 11.6. The van der Waals surface area contributed by atoms with E-state index in [1.165, 1.54) is 7.11 Å². The third-order valence-corrected chi connectivity index (χ3v) is 3.47. The van der Waals surface area contributed by atoms with E-state index in [1.54, 1.807) is 0 Å². The number of nitrogens with zero attached hydrogens (tertiary/aromatic N) is 4. The Labute approximate surface area is 116 Å². The van der Waals surface area contributed by atoms with Gasteiger partial charge in [-0.2, -0.15) is 15.0 Å². The van der Waals surface area contributed by atoms with Gasteiger partial charge in [-0.1, -0.05) is 0 Å². The summed E-state index contributed by atoms with van der Waals surface area (Å²) in [5.41, 5.74) is 5.37. The van der Waals surface area contributed by atoms with Gasteiger partial charge in [-0.05, 0) is 31.4 Å². The van der Waals surface area contributed by atoms with E-state index >= 15 is 0 Å². The molecule has 7 nitrogen and oxygen atoms in total. The average Bonchev–Trinajstić information content (AvgIpc) is 2.38. The summed E-state index contributed by atoms with van der Waals surface area (Å²) in [6.45, 7) is 2.53. The number of piperidine rings is 1. The van der Waals surface area contributed by atoms with Crippen LogP contribution in [0.4, 0.5) is 5.95 Å². The number of carbonyl (C=O) groups excluding carboxylic acids is 1. The molecule has 2 atom stereocenters. The molecular formula is C11H16ClN5O2. The minimum Gasteiger partial charge on any atom is -0.467 e. The summed E-state index contributed by atoms with van der Waals surface area (Å²) >= 11 is 5.83. The number of methoxy groups -OCH3 is 1. The van der Waals surface area contributed by atoms with Crippen molar-refractivity contribution in [1.29, 1.82) is 0 Å². The second kappa shape index (κ2) is 5.56. The fraction of sp³-hybridized carbons (Fsp3) is 0.636. The molecule has 0 bridgehead atoms. The molecule has 0 spiro atoms. The number of primary amides is 1. The van der Waals surface area contributed by atoms with Crippen molar-refractivity contribution < 1.29 is 9.53 Å². The lowest BCUT2D eigenvalue weighted by Gasteiger charge is -2.36. The van der Waals surface area contributed by atoms with Crippen LogP contribution in [0, 0.1) is 5.92 Å². The van der Waals surface area contributed by atoms with Crippen molar-refractivity contribution in [3.63, 3.8) is 0 Å². The third-order valence-electron chi connectivity index (χ3n) is 3.30. The molecule has 1 aromatic heterocycles. The summed E-state index contributed by atoms with van der Waals surface area (Å²) in [4.78, 5) is 25.3. The number of amides is 1. The van der Waals surface area contributed by atoms with Gasteiger partial charge in [0.2, 0.25) is 17.1 Å². The van der Waals surface area contributed by atoms with Gasteiger partial charge in [-0.25, -0.2) is 0 Å². The summed E-state index contributed by atoms with van der Waals surface area (Å²) in [5, 5.41) is 0.0650. The number of nitrogens with two attached hydrogens (primary N) is 1. The first kappa shape index (κ1) is 13.8. The topological polar surface area (TPSA) is 94.2 Å². The number of anilines is 1. The normalized spacial score (nSPS) is 23.2. The predicted molar refractivity (Wildman–Crippen MR) is 70.1 cm³/mol. The number of hydrogen-bond donors (Lipinski definition) is 1. The van der Waals surface area contributed by atoms with Crippen LogP contribution in [0.1, 0.15) is 19.8 Å². The van der Waals surface area contributed by atoms with Crippen LogP contribution in [0.5, 0.6) is 6.01 Å². The zero-order chi connectivity index (χ0) is 14.0. The second-order valence-corrected chi connectivity index (χ2v) is 4.91. The van der Waals surface area contributed by atoms with E-state index in [1.807, 2.05) is 11.8 Å². The second-order valence-electron chi connectivity index (χ2n) is 4.57. The molecule has 1 saturated heterocycles. The van der Waals surface area contributed by atoms with E-state index in [4.69, 9.17) is 22.1 Å². The van der Waals surface area contributed by atoms with Crippen molar-refractivity contribution in [3.05, 3.63) is 5.28 Å². The van der Waals surface area contributed by atoms with Crippen LogP contribution in [0.3, 0.4) is 0 Å². The largest absolute Gasteiger partial charge is 0.467 e. The van der Waals surface area contributed by atoms with Crippen LogP contribution in [0.25, 0.3) is 0 Å². The monoisotopic (exact) mass is 285 g/mol. The number of carbonyl (C=O) groups is 1. The Bertz CT molecular complexity index is 484. The number of ether oxygens (including phenoxy) is 1. The van der Waals surface area contributed by atoms with Gasteiger partial charge in [0.05, 0.1) is 13.0 Å². The maximum absolute atomic E-state index is 11.3. The molecule has 104 valence electrons. The molecule has 2 N–H and O–H groups in total. The van der Waals surface area contributed by atoms with Gasteiger partial charge in [0, 0.05) is 12.6 Å². The summed E-state index contributed by atoms with van der Waals surface area (Å²) in [6.07, 6.45) is 1.63. The standard InChI is InChI=1S/C11H16ClN5O2/c1-6-3-4-7(8(13)18)5-17(6)10-14-9(12)15-11(16-10)19-2/h6-7H,3-5H2,1-2H3,(H2,13,18). The van der Waals surface area contributed by atoms with Gasteiger partial charge in [-0.15, -0.1) is 0 Å². The van der Waals surface area contributed by atoms with Crippen LogP contribution >= 0.6 is 11.6 Å². The SMILES string of the molecule is COc1nc(Cl)nc(N2CC(C(N)=O)CCC2C)n1. The minimum absolute atomic E-state index is 0.0650. The Kier molecular flexibility index (Phi) is 4.04. The van der Waals surface area contributed by atoms with Gasteiger partial charge in [0.1, 0.15) is 0 Å². The Balaban J connectivity index is 2.27. The fourth-order valence-electron chi connectivity index (χ4n) is 2.16. The van der Waals surface area contributed by atoms with E-state index in [9.17, 15) is 4.79 Å². The van der Waals surface area contributed by atoms with Crippen LogP contribution in [0.15, 0.2) is 0 Å². The van der Waals surface area contributed by atoms with Crippen LogP contribution in [-0.4, -0.2) is 40.6 Å². The van der Waals surface area contributed by atoms with E-state index in [0.717, 1.165) is 12.8 Å². The summed E-state index contributed by atoms with van der Waals surface area (Å²) in [7, 11) is 1.46. The quantitative estimate of drug-likeness (QED) is 0.875. The molecule has 0 aliphatic carbocycles. The summed E-state index contributed by atoms with van der Waals surface area (Å²) < 4.78 is 4.97. The van der Waals surface area contributed by atoms with E-state index < -0.39 is 0 Å². The Morgan fingerprint density at radius 3 is 2.79 bits per heavy atom. The Hall–Kier alpha value is -1.63. The molecular weight excluding hydrogens is 270 g/mol. The van der Waals surface area contributed by atoms with Crippen LogP contribution in [0.2, 0.25) is 5.28 Å². The minimum atomic E-state index is -0.302. The molecule has 1 aromatic rings. The van der Waals surface area contributed by atoms with E-state index in [0.29, 0.717) is 12.5 Å². The first-order valence-corrected chi connectivity index (χ1v) is 6.40. The molecule has 19 heavy (non-hydrogen) atoms. The third kappa shape index (κ3) is 3.04. The number of rotatable bonds is 3. The highest BCUT2D eigenvalue weighted by Crippen LogP contribution is 2.26. The molecule has 0 radical (unpaired) electrons. The molecule has 0 saturated carbocycles. The van der Waals surface area contributed by atoms with Crippen molar-refractivity contribution in [2.75, 3.05) is 18.6 Å². The van der Waals surface area contributed by atoms with E-state index in [2.05, 4.69) is 15.0 Å². The molecule has 2 rings (SSSR count). The lowest BCUT2D eigenvalue weighted by molar-refractivity contribution is -0.122. The lowest BCUT2D eigenvalue weighted by atomic mass is 9.93. The molecule has 0 aromatic carbocycles. The highest BCUT2D eigenvalue weighted by Gasteiger charge is 2.30. The molecule has 1 aliphatic heterocycles. The first-order valence-electron chi connectivity index (χ1n) is 6.02. The van der Waals surface area contributed by atoms with Crippen molar-refractivity contribution in [1.82, 2.24) is 15.0 Å². The van der Waals surface area contributed by atoms with Gasteiger partial charge < -0.3 is 15.4 Å². The van der Waals surface area contributed by atoms with Crippen LogP contribution in [-0.2, 0) is 4.79 Å². The highest BCUT2D eigenvalue weighted by molar-refractivity contribution is 6.28. The Morgan fingerprint density at radius 1 is 1.42 bits per heavy atom. The first-order chi connectivity index (χ1) is 9.01. The molecule has 2 unspecified atom stereocenters. The van der Waals surface area contributed by atoms with Gasteiger partial charge in [0.15, 0.2) is 0 Å². The van der Waals surface area contributed by atoms with E-state index in [-0.39, 0.29) is 29.2 Å². The molecule has 1 amide bonds. The highest BCUT2D eigenvalue weighted by atomic mass is 35.5. The van der Waals surface area contributed by atoms with Crippen molar-refractivity contribution in [2.45, 2.75) is 25.8 Å². The molecule has 8 heteroatoms. The predicted octanol–water partition coefficient (Wildman–Crippen LogP) is 0.624. The zero-order valence-electron chi connectivity index (χ0n) is 10.8. The summed E-state index contributed by atoms with van der Waals surface area (Å²) in [5.74, 6) is -0.0861. The van der Waals surface area contributed by atoms with Crippen molar-refractivity contribution in [3.8, 4) is 6.01 Å². The van der Waals surface area contributed by atoms with Crippen LogP contribution < -0.4 is 15.4 Å². The molecule has 2 heterocycles. The number of hydrogen-bond acceptors (Lipinski definition) is 6. The fourth-order valence-corrected chi connectivity index (χ4v) is 2.31. The maximum atomic E-state index is 11.3. The number of aromatic nitrogens is 3. The summed E-state index contributed by atoms with van der Waals surface area (Å²) in [6, 6.07) is 0.363. The smallest absolute Gasteiger partial charge is 0.322 e. The van der Waals surface area contributed by atoms with Crippen molar-refractivity contribution in [2.24, 2.45) is 11.7 Å². The number of halogens is 1. The van der Waals surface area contributed by atoms with Gasteiger partial charge in [0.25, 0.3) is 0 Å². The Morgan fingerprint density at radius 2 is 2.16 bits per heavy atom. The maximum Gasteiger partial charge on any atom is 0.322 e. The molecule has 1 aliphatic rings. The average molecular weight is 286 g/mol. The molecule has 1 fully saturated rings. The lowest BCUT2D eigenvalue weighted by Crippen LogP contribution is -2.46. The van der Waals surface area contributed by atoms with Gasteiger partial charge in [-0.3, -0.25) is 4.79 Å².